The monoisotopic (exact) mass is 400 g/mol. The topological polar surface area (TPSA) is 241 Å². The Morgan fingerprint density at radius 3 is 0.444 bits per heavy atom. The van der Waals surface area contributed by atoms with Gasteiger partial charge in [0.05, 0.1) is 0 Å². The van der Waals surface area contributed by atoms with E-state index in [1.807, 2.05) is 0 Å². The predicted octanol–water partition coefficient (Wildman–Crippen LogP) is -4.78. The Labute approximate surface area is 148 Å². The van der Waals surface area contributed by atoms with Crippen molar-refractivity contribution in [2.45, 2.75) is 0 Å². The fourth-order valence-electron chi connectivity index (χ4n) is 0. The van der Waals surface area contributed by atoms with Gasteiger partial charge in [0.15, 0.2) is 0 Å². The Morgan fingerprint density at radius 1 is 0.444 bits per heavy atom. The van der Waals surface area contributed by atoms with Gasteiger partial charge >= 0.3 is 65.6 Å². The quantitative estimate of drug-likeness (QED) is 0.210. The van der Waals surface area contributed by atoms with E-state index in [2.05, 4.69) is 0 Å². The molecule has 0 aliphatic heterocycles. The predicted molar refractivity (Wildman–Crippen MR) is 42.9 cm³/mol. The smallest absolute Gasteiger partial charge is 0.759 e. The second kappa shape index (κ2) is 15.2. The van der Waals surface area contributed by atoms with Crippen molar-refractivity contribution < 1.29 is 72.0 Å². The van der Waals surface area contributed by atoms with Crippen LogP contribution in [0.1, 0.15) is 0 Å². The Morgan fingerprint density at radius 2 is 0.444 bits per heavy atom. The first kappa shape index (κ1) is 36.7. The van der Waals surface area contributed by atoms with E-state index in [1.54, 1.807) is 0 Å². The van der Waals surface area contributed by atoms with Crippen molar-refractivity contribution in [3.05, 3.63) is 0 Å². The van der Waals surface area contributed by atoms with Gasteiger partial charge in [0.2, 0.25) is 0 Å². The van der Waals surface area contributed by atoms with Gasteiger partial charge < -0.3 is 27.3 Å². The molecule has 96 valence electrons. The zero-order valence-corrected chi connectivity index (χ0v) is 16.5. The fourth-order valence-corrected chi connectivity index (χ4v) is 0. The maximum Gasteiger partial charge on any atom is 2.00 e. The van der Waals surface area contributed by atoms with E-state index in [0.717, 1.165) is 0 Å². The van der Waals surface area contributed by atoms with E-state index in [0.29, 0.717) is 0 Å². The number of rotatable bonds is 0. The van der Waals surface area contributed by atoms with Crippen molar-refractivity contribution in [1.29, 1.82) is 0 Å². The van der Waals surface area contributed by atoms with Crippen LogP contribution in [-0.4, -0.2) is 98.7 Å². The van der Waals surface area contributed by atoms with Crippen molar-refractivity contribution in [1.82, 2.24) is 0 Å². The second-order valence-corrected chi connectivity index (χ2v) is 3.67. The maximum absolute atomic E-state index is 8.52. The molecule has 0 aliphatic carbocycles. The first-order valence-corrected chi connectivity index (χ1v) is 6.00. The number of hydrogen-bond acceptors (Lipinski definition) is 12. The summed E-state index contributed by atoms with van der Waals surface area (Å²) < 4.78 is 102. The average molecular weight is 402 g/mol. The molecule has 0 atom stereocenters. The van der Waals surface area contributed by atoms with Gasteiger partial charge in [-0.15, -0.1) is 0 Å². The summed E-state index contributed by atoms with van der Waals surface area (Å²) in [5.74, 6) is 0. The Hall–Kier alpha value is 1.77. The zero-order valence-electron chi connectivity index (χ0n) is 8.25. The standard InChI is InChI=1S/2Mg.3H2O4S.Zn/c;;3*1-5(2,3)4;/h;;3*(H2,1,2,3,4);/q2*+2;;;;+2/p-6. The minimum Gasteiger partial charge on any atom is -0.759 e. The van der Waals surface area contributed by atoms with Crippen LogP contribution in [0.5, 0.6) is 0 Å². The molecule has 0 unspecified atom stereocenters. The summed E-state index contributed by atoms with van der Waals surface area (Å²) in [6.45, 7) is 0. The minimum atomic E-state index is -5.17. The molecular weight excluding hydrogens is 402 g/mol. The summed E-state index contributed by atoms with van der Waals surface area (Å²) in [6.07, 6.45) is 0. The van der Waals surface area contributed by atoms with Gasteiger partial charge in [-0.1, -0.05) is 0 Å². The summed E-state index contributed by atoms with van der Waals surface area (Å²) in [6, 6.07) is 0. The molecule has 0 fully saturated rings. The van der Waals surface area contributed by atoms with Crippen LogP contribution >= 0.6 is 0 Å². The van der Waals surface area contributed by atoms with Gasteiger partial charge in [-0.3, -0.25) is 25.3 Å². The van der Waals surface area contributed by atoms with Crippen LogP contribution < -0.4 is 0 Å². The van der Waals surface area contributed by atoms with Crippen molar-refractivity contribution in [2.24, 2.45) is 0 Å². The van der Waals surface area contributed by atoms with Gasteiger partial charge in [0.1, 0.15) is 0 Å². The molecule has 0 heterocycles. The molecule has 0 saturated carbocycles. The van der Waals surface area contributed by atoms with E-state index in [4.69, 9.17) is 52.6 Å². The summed E-state index contributed by atoms with van der Waals surface area (Å²) in [5, 5.41) is 0. The second-order valence-electron chi connectivity index (χ2n) is 1.22. The van der Waals surface area contributed by atoms with Crippen LogP contribution in [0.15, 0.2) is 0 Å². The van der Waals surface area contributed by atoms with Crippen LogP contribution in [0.25, 0.3) is 0 Å². The molecule has 0 N–H and O–H groups in total. The molecule has 0 amide bonds. The first-order valence-electron chi connectivity index (χ1n) is 2.00. The Balaban J connectivity index is -0.0000000277. The summed E-state index contributed by atoms with van der Waals surface area (Å²) >= 11 is 0. The van der Waals surface area contributed by atoms with Crippen molar-refractivity contribution in [2.75, 3.05) is 0 Å². The molecule has 0 aromatic carbocycles. The summed E-state index contributed by atoms with van der Waals surface area (Å²) in [4.78, 5) is 0. The van der Waals surface area contributed by atoms with E-state index >= 15 is 0 Å². The van der Waals surface area contributed by atoms with E-state index in [9.17, 15) is 0 Å². The molecule has 0 bridgehead atoms. The van der Waals surface area contributed by atoms with Gasteiger partial charge in [-0.05, 0) is 0 Å². The van der Waals surface area contributed by atoms with Crippen LogP contribution in [0.3, 0.4) is 0 Å². The van der Waals surface area contributed by atoms with Crippen LogP contribution in [0, 0.1) is 0 Å². The molecule has 0 radical (unpaired) electrons. The SMILES string of the molecule is O=S(=O)([O-])[O-].O=S(=O)([O-])[O-].O=S(=O)([O-])[O-].[Mg+2].[Mg+2].[Zn+2]. The Kier molecular flexibility index (Phi) is 30.9. The molecule has 0 aromatic rings. The summed E-state index contributed by atoms with van der Waals surface area (Å²) in [5.41, 5.74) is 0. The largest absolute Gasteiger partial charge is 2.00 e. The molecule has 12 nitrogen and oxygen atoms in total. The third kappa shape index (κ3) is 1600. The van der Waals surface area contributed by atoms with E-state index in [-0.39, 0.29) is 65.6 Å². The molecule has 18 heteroatoms. The Bertz CT molecular complexity index is 346. The molecule has 0 aromatic heterocycles. The van der Waals surface area contributed by atoms with Gasteiger partial charge in [0, 0.05) is 31.2 Å². The normalized spacial score (nSPS) is 9.67. The fraction of sp³-hybridized carbons (Fsp3) is 0. The molecular formula is Mg2O12S3Zn. The van der Waals surface area contributed by atoms with Gasteiger partial charge in [-0.25, -0.2) is 0 Å². The molecule has 0 spiro atoms. The number of hydrogen-bond donors (Lipinski definition) is 0. The van der Waals surface area contributed by atoms with Crippen LogP contribution in [0.2, 0.25) is 0 Å². The third-order valence-corrected chi connectivity index (χ3v) is 0. The minimum absolute atomic E-state index is 0. The van der Waals surface area contributed by atoms with Crippen LogP contribution in [0.4, 0.5) is 0 Å². The summed E-state index contributed by atoms with van der Waals surface area (Å²) in [7, 11) is -15.5. The van der Waals surface area contributed by atoms with Crippen LogP contribution in [-0.2, 0) is 50.7 Å². The molecule has 18 heavy (non-hydrogen) atoms. The average Bonchev–Trinajstić information content (AvgIpc) is 1.41. The molecule has 0 rings (SSSR count). The van der Waals surface area contributed by atoms with E-state index < -0.39 is 31.2 Å². The first-order chi connectivity index (χ1) is 6.00. The van der Waals surface area contributed by atoms with Gasteiger partial charge in [-0.2, -0.15) is 0 Å². The van der Waals surface area contributed by atoms with Crippen molar-refractivity contribution in [3.8, 4) is 0 Å². The zero-order chi connectivity index (χ0) is 13.5. The molecule has 0 aliphatic rings. The van der Waals surface area contributed by atoms with Crippen molar-refractivity contribution >= 4 is 77.3 Å². The molecule has 0 saturated heterocycles. The van der Waals surface area contributed by atoms with Gasteiger partial charge in [0.25, 0.3) is 0 Å². The van der Waals surface area contributed by atoms with E-state index in [1.165, 1.54) is 0 Å². The van der Waals surface area contributed by atoms with Crippen molar-refractivity contribution in [3.63, 3.8) is 0 Å². The maximum atomic E-state index is 8.52. The third-order valence-electron chi connectivity index (χ3n) is 0.